The van der Waals surface area contributed by atoms with Gasteiger partial charge in [0.1, 0.15) is 11.6 Å². The number of halogens is 1. The van der Waals surface area contributed by atoms with Crippen molar-refractivity contribution in [1.82, 2.24) is 4.90 Å². The zero-order valence-electron chi connectivity index (χ0n) is 12.9. The van der Waals surface area contributed by atoms with Gasteiger partial charge in [-0.25, -0.2) is 9.59 Å². The second kappa shape index (κ2) is 6.16. The smallest absolute Gasteiger partial charge is 0.411 e. The van der Waals surface area contributed by atoms with Crippen molar-refractivity contribution < 1.29 is 19.4 Å². The van der Waals surface area contributed by atoms with E-state index in [9.17, 15) is 14.7 Å². The van der Waals surface area contributed by atoms with Crippen LogP contribution in [0.4, 0.5) is 4.79 Å². The Morgan fingerprint density at radius 1 is 1.27 bits per heavy atom. The van der Waals surface area contributed by atoms with Gasteiger partial charge in [-0.05, 0) is 44.9 Å². The Kier molecular flexibility index (Phi) is 4.66. The molecule has 120 valence electrons. The zero-order valence-corrected chi connectivity index (χ0v) is 13.6. The number of aliphatic carboxylic acids is 1. The fourth-order valence-electron chi connectivity index (χ4n) is 2.68. The van der Waals surface area contributed by atoms with Gasteiger partial charge in [0.2, 0.25) is 0 Å². The fraction of sp³-hybridized carbons (Fsp3) is 0.500. The van der Waals surface area contributed by atoms with Crippen molar-refractivity contribution in [3.63, 3.8) is 0 Å². The van der Waals surface area contributed by atoms with Crippen molar-refractivity contribution in [2.24, 2.45) is 0 Å². The van der Waals surface area contributed by atoms with Crippen LogP contribution >= 0.6 is 11.6 Å². The first kappa shape index (κ1) is 16.6. The molecular weight excluding hydrogens is 306 g/mol. The molecule has 1 aliphatic heterocycles. The summed E-state index contributed by atoms with van der Waals surface area (Å²) in [6.07, 6.45) is -0.00551. The summed E-state index contributed by atoms with van der Waals surface area (Å²) in [6.45, 7) is 5.63. The lowest BCUT2D eigenvalue weighted by atomic mass is 9.92. The molecule has 0 spiro atoms. The largest absolute Gasteiger partial charge is 0.480 e. The van der Waals surface area contributed by atoms with Gasteiger partial charge in [0.05, 0.1) is 0 Å². The van der Waals surface area contributed by atoms with Crippen LogP contribution in [-0.2, 0) is 9.53 Å². The Labute approximate surface area is 134 Å². The lowest BCUT2D eigenvalue weighted by Crippen LogP contribution is -2.45. The van der Waals surface area contributed by atoms with Crippen LogP contribution in [0.5, 0.6) is 0 Å². The van der Waals surface area contributed by atoms with E-state index in [0.717, 1.165) is 5.56 Å². The number of hydrogen-bond acceptors (Lipinski definition) is 3. The molecule has 1 heterocycles. The summed E-state index contributed by atoms with van der Waals surface area (Å²) in [4.78, 5) is 25.2. The van der Waals surface area contributed by atoms with Crippen LogP contribution in [-0.4, -0.2) is 40.3 Å². The maximum atomic E-state index is 12.2. The number of likely N-dealkylation sites (tertiary alicyclic amines) is 1. The monoisotopic (exact) mass is 325 g/mol. The van der Waals surface area contributed by atoms with Crippen LogP contribution in [0.25, 0.3) is 0 Å². The second-order valence-corrected chi connectivity index (χ2v) is 6.84. The first-order chi connectivity index (χ1) is 10.2. The van der Waals surface area contributed by atoms with Gasteiger partial charge in [-0.15, -0.1) is 0 Å². The van der Waals surface area contributed by atoms with E-state index in [0.29, 0.717) is 18.0 Å². The zero-order chi connectivity index (χ0) is 16.5. The molecule has 0 bridgehead atoms. The molecule has 2 atom stereocenters. The van der Waals surface area contributed by atoms with Crippen LogP contribution in [0.2, 0.25) is 5.02 Å². The van der Waals surface area contributed by atoms with Crippen molar-refractivity contribution in [3.8, 4) is 0 Å². The topological polar surface area (TPSA) is 66.8 Å². The van der Waals surface area contributed by atoms with Crippen molar-refractivity contribution in [2.75, 3.05) is 6.54 Å². The molecular formula is C16H20ClNO4. The molecule has 0 unspecified atom stereocenters. The summed E-state index contributed by atoms with van der Waals surface area (Å²) < 4.78 is 5.31. The fourth-order valence-corrected chi connectivity index (χ4v) is 2.81. The number of rotatable bonds is 2. The number of amides is 1. The van der Waals surface area contributed by atoms with E-state index in [-0.39, 0.29) is 5.92 Å². The molecule has 0 aromatic heterocycles. The van der Waals surface area contributed by atoms with Gasteiger partial charge in [-0.2, -0.15) is 0 Å². The molecule has 1 fully saturated rings. The first-order valence-corrected chi connectivity index (χ1v) is 7.55. The van der Waals surface area contributed by atoms with Gasteiger partial charge >= 0.3 is 12.1 Å². The van der Waals surface area contributed by atoms with Crippen LogP contribution < -0.4 is 0 Å². The number of nitrogens with zero attached hydrogens (tertiary/aromatic N) is 1. The highest BCUT2D eigenvalue weighted by Crippen LogP contribution is 2.35. The van der Waals surface area contributed by atoms with E-state index in [1.165, 1.54) is 4.90 Å². The maximum Gasteiger partial charge on any atom is 0.411 e. The Morgan fingerprint density at radius 3 is 2.36 bits per heavy atom. The second-order valence-electron chi connectivity index (χ2n) is 6.40. The lowest BCUT2D eigenvalue weighted by Gasteiger charge is -2.28. The molecule has 1 aromatic carbocycles. The number of carboxylic acids is 1. The molecule has 1 amide bonds. The highest BCUT2D eigenvalue weighted by molar-refractivity contribution is 6.30. The predicted octanol–water partition coefficient (Wildman–Crippen LogP) is 3.52. The minimum absolute atomic E-state index is 0.262. The molecule has 6 heteroatoms. The van der Waals surface area contributed by atoms with Gasteiger partial charge < -0.3 is 9.84 Å². The summed E-state index contributed by atoms with van der Waals surface area (Å²) in [7, 11) is 0. The van der Waals surface area contributed by atoms with E-state index >= 15 is 0 Å². The van der Waals surface area contributed by atoms with E-state index in [1.807, 2.05) is 12.1 Å². The SMILES string of the molecule is CC(C)(C)OC(=O)N1CC[C@H](c2ccc(Cl)cc2)[C@@H]1C(=O)O. The van der Waals surface area contributed by atoms with E-state index in [4.69, 9.17) is 16.3 Å². The number of carbonyl (C=O) groups is 2. The first-order valence-electron chi connectivity index (χ1n) is 7.17. The number of hydrogen-bond donors (Lipinski definition) is 1. The summed E-state index contributed by atoms with van der Waals surface area (Å²) >= 11 is 5.87. The van der Waals surface area contributed by atoms with E-state index in [1.54, 1.807) is 32.9 Å². The number of carboxylic acid groups (broad SMARTS) is 1. The molecule has 0 saturated carbocycles. The summed E-state index contributed by atoms with van der Waals surface area (Å²) in [5, 5.41) is 10.1. The summed E-state index contributed by atoms with van der Waals surface area (Å²) in [5.41, 5.74) is 0.209. The number of benzene rings is 1. The Bertz CT molecular complexity index is 565. The standard InChI is InChI=1S/C16H20ClNO4/c1-16(2,3)22-15(21)18-9-8-12(13(18)14(19)20)10-4-6-11(17)7-5-10/h4-7,12-13H,8-9H2,1-3H3,(H,19,20)/t12-,13-/m1/s1. The van der Waals surface area contributed by atoms with E-state index in [2.05, 4.69) is 0 Å². The highest BCUT2D eigenvalue weighted by atomic mass is 35.5. The Balaban J connectivity index is 2.23. The van der Waals surface area contributed by atoms with Gasteiger partial charge in [0, 0.05) is 17.5 Å². The molecule has 5 nitrogen and oxygen atoms in total. The average Bonchev–Trinajstić information content (AvgIpc) is 2.82. The van der Waals surface area contributed by atoms with Gasteiger partial charge in [-0.3, -0.25) is 4.90 Å². The summed E-state index contributed by atoms with van der Waals surface area (Å²) in [5.74, 6) is -1.29. The highest BCUT2D eigenvalue weighted by Gasteiger charge is 2.44. The van der Waals surface area contributed by atoms with Crippen molar-refractivity contribution in [3.05, 3.63) is 34.9 Å². The minimum Gasteiger partial charge on any atom is -0.480 e. The number of ether oxygens (including phenoxy) is 1. The van der Waals surface area contributed by atoms with Gasteiger partial charge in [-0.1, -0.05) is 23.7 Å². The molecule has 1 saturated heterocycles. The summed E-state index contributed by atoms with van der Waals surface area (Å²) in [6, 6.07) is 6.15. The van der Waals surface area contributed by atoms with Crippen molar-refractivity contribution in [1.29, 1.82) is 0 Å². The molecule has 1 aromatic rings. The van der Waals surface area contributed by atoms with Crippen LogP contribution in [0.15, 0.2) is 24.3 Å². The third-order valence-electron chi connectivity index (χ3n) is 3.58. The van der Waals surface area contributed by atoms with Crippen molar-refractivity contribution >= 4 is 23.7 Å². The Morgan fingerprint density at radius 2 is 1.86 bits per heavy atom. The van der Waals surface area contributed by atoms with Crippen LogP contribution in [0, 0.1) is 0 Å². The quantitative estimate of drug-likeness (QED) is 0.903. The van der Waals surface area contributed by atoms with Gasteiger partial charge in [0.25, 0.3) is 0 Å². The van der Waals surface area contributed by atoms with E-state index < -0.39 is 23.7 Å². The maximum absolute atomic E-state index is 12.2. The molecule has 0 aliphatic carbocycles. The third kappa shape index (κ3) is 3.71. The molecule has 2 rings (SSSR count). The molecule has 22 heavy (non-hydrogen) atoms. The normalized spacial score (nSPS) is 21.7. The third-order valence-corrected chi connectivity index (χ3v) is 3.83. The minimum atomic E-state index is -1.02. The predicted molar refractivity (Wildman–Crippen MR) is 83.2 cm³/mol. The Hall–Kier alpha value is -1.75. The van der Waals surface area contributed by atoms with Crippen LogP contribution in [0.3, 0.4) is 0 Å². The van der Waals surface area contributed by atoms with Crippen molar-refractivity contribution in [2.45, 2.75) is 44.8 Å². The van der Waals surface area contributed by atoms with Gasteiger partial charge in [0.15, 0.2) is 0 Å². The molecule has 1 N–H and O–H groups in total. The van der Waals surface area contributed by atoms with Crippen LogP contribution in [0.1, 0.15) is 38.7 Å². The average molecular weight is 326 g/mol. The lowest BCUT2D eigenvalue weighted by molar-refractivity contribution is -0.142. The molecule has 1 aliphatic rings. The molecule has 0 radical (unpaired) electrons. The number of carbonyl (C=O) groups excluding carboxylic acids is 1.